The number of unbranched alkanes of at least 4 members (excludes halogenated alkanes) is 2. The second-order valence-corrected chi connectivity index (χ2v) is 7.50. The summed E-state index contributed by atoms with van der Waals surface area (Å²) in [6, 6.07) is 0.770. The van der Waals surface area contributed by atoms with Gasteiger partial charge in [0, 0.05) is 12.6 Å². The molecule has 1 nitrogen and oxygen atoms in total. The molecule has 1 saturated carbocycles. The van der Waals surface area contributed by atoms with E-state index in [4.69, 9.17) is 0 Å². The second-order valence-electron chi connectivity index (χ2n) is 7.50. The smallest absolute Gasteiger partial charge is 0.00931 e. The molecule has 3 unspecified atom stereocenters. The fourth-order valence-corrected chi connectivity index (χ4v) is 3.32. The largest absolute Gasteiger partial charge is 0.313 e. The summed E-state index contributed by atoms with van der Waals surface area (Å²) in [5.74, 6) is 1.80. The van der Waals surface area contributed by atoms with Gasteiger partial charge < -0.3 is 5.32 Å². The first-order chi connectivity index (χ1) is 8.44. The van der Waals surface area contributed by atoms with Gasteiger partial charge in [-0.3, -0.25) is 0 Å². The van der Waals surface area contributed by atoms with E-state index in [-0.39, 0.29) is 0 Å². The van der Waals surface area contributed by atoms with Crippen molar-refractivity contribution in [3.05, 3.63) is 0 Å². The average molecular weight is 253 g/mol. The van der Waals surface area contributed by atoms with Crippen LogP contribution >= 0.6 is 0 Å². The van der Waals surface area contributed by atoms with Crippen LogP contribution in [0.2, 0.25) is 0 Å². The Balaban J connectivity index is 2.26. The van der Waals surface area contributed by atoms with Gasteiger partial charge in [0.25, 0.3) is 0 Å². The van der Waals surface area contributed by atoms with Gasteiger partial charge >= 0.3 is 0 Å². The molecule has 0 aliphatic heterocycles. The Morgan fingerprint density at radius 1 is 1.11 bits per heavy atom. The Morgan fingerprint density at radius 2 is 1.83 bits per heavy atom. The van der Waals surface area contributed by atoms with E-state index in [1.807, 2.05) is 0 Å². The van der Waals surface area contributed by atoms with Gasteiger partial charge in [-0.1, -0.05) is 53.9 Å². The topological polar surface area (TPSA) is 12.0 Å². The van der Waals surface area contributed by atoms with Crippen LogP contribution in [0.3, 0.4) is 0 Å². The zero-order valence-corrected chi connectivity index (χ0v) is 13.4. The minimum absolute atomic E-state index is 0.470. The molecule has 3 atom stereocenters. The molecule has 0 aromatic heterocycles. The molecule has 108 valence electrons. The number of hydrogen-bond acceptors (Lipinski definition) is 1. The maximum absolute atomic E-state index is 3.86. The van der Waals surface area contributed by atoms with Crippen molar-refractivity contribution >= 4 is 0 Å². The third kappa shape index (κ3) is 5.73. The zero-order valence-electron chi connectivity index (χ0n) is 13.4. The maximum Gasteiger partial charge on any atom is 0.00931 e. The van der Waals surface area contributed by atoms with E-state index in [1.54, 1.807) is 0 Å². The Morgan fingerprint density at radius 3 is 2.44 bits per heavy atom. The molecule has 0 saturated heterocycles. The molecule has 18 heavy (non-hydrogen) atoms. The van der Waals surface area contributed by atoms with E-state index in [9.17, 15) is 0 Å². The fourth-order valence-electron chi connectivity index (χ4n) is 3.32. The van der Waals surface area contributed by atoms with Crippen LogP contribution in [-0.2, 0) is 0 Å². The van der Waals surface area contributed by atoms with E-state index >= 15 is 0 Å². The first-order valence-electron chi connectivity index (χ1n) is 8.18. The summed E-state index contributed by atoms with van der Waals surface area (Å²) in [5, 5.41) is 3.86. The molecule has 1 N–H and O–H groups in total. The van der Waals surface area contributed by atoms with Crippen LogP contribution in [0.5, 0.6) is 0 Å². The van der Waals surface area contributed by atoms with Crippen LogP contribution in [0.1, 0.15) is 79.6 Å². The summed E-state index contributed by atoms with van der Waals surface area (Å²) < 4.78 is 0. The summed E-state index contributed by atoms with van der Waals surface area (Å²) in [7, 11) is 0. The van der Waals surface area contributed by atoms with Gasteiger partial charge in [-0.05, 0) is 42.9 Å². The van der Waals surface area contributed by atoms with Crippen molar-refractivity contribution < 1.29 is 0 Å². The lowest BCUT2D eigenvalue weighted by Crippen LogP contribution is -2.43. The second kappa shape index (κ2) is 7.53. The number of hydrogen-bond donors (Lipinski definition) is 1. The highest BCUT2D eigenvalue weighted by molar-refractivity contribution is 4.83. The van der Waals surface area contributed by atoms with E-state index in [0.29, 0.717) is 5.41 Å². The van der Waals surface area contributed by atoms with Crippen molar-refractivity contribution in [2.24, 2.45) is 17.3 Å². The van der Waals surface area contributed by atoms with Crippen LogP contribution in [0.4, 0.5) is 0 Å². The highest BCUT2D eigenvalue weighted by Gasteiger charge is 2.26. The minimum Gasteiger partial charge on any atom is -0.313 e. The van der Waals surface area contributed by atoms with Crippen molar-refractivity contribution in [3.8, 4) is 0 Å². The normalized spacial score (nSPS) is 29.5. The van der Waals surface area contributed by atoms with Crippen molar-refractivity contribution in [3.63, 3.8) is 0 Å². The summed E-state index contributed by atoms with van der Waals surface area (Å²) in [6.07, 6.45) is 9.69. The van der Waals surface area contributed by atoms with Crippen LogP contribution in [0, 0.1) is 17.3 Å². The highest BCUT2D eigenvalue weighted by atomic mass is 14.9. The lowest BCUT2D eigenvalue weighted by molar-refractivity contribution is 0.199. The van der Waals surface area contributed by atoms with Gasteiger partial charge in [-0.25, -0.2) is 0 Å². The number of rotatable bonds is 7. The quantitative estimate of drug-likeness (QED) is 0.629. The molecular weight excluding hydrogens is 218 g/mol. The van der Waals surface area contributed by atoms with Gasteiger partial charge in [-0.2, -0.15) is 0 Å². The molecule has 1 heteroatoms. The Labute approximate surface area is 115 Å². The van der Waals surface area contributed by atoms with E-state index < -0.39 is 0 Å². The Kier molecular flexibility index (Phi) is 6.70. The van der Waals surface area contributed by atoms with Crippen LogP contribution in [-0.4, -0.2) is 12.6 Å². The predicted octanol–water partition coefficient (Wildman–Crippen LogP) is 5.01. The highest BCUT2D eigenvalue weighted by Crippen LogP contribution is 2.30. The summed E-state index contributed by atoms with van der Waals surface area (Å²) in [6.45, 7) is 13.2. The standard InChI is InChI=1S/C17H35N/c1-6-7-8-11-17(4,5)13-18-16-10-9-14(2)12-15(16)3/h14-16,18H,6-13H2,1-5H3. The van der Waals surface area contributed by atoms with E-state index in [1.165, 1.54) is 51.5 Å². The summed E-state index contributed by atoms with van der Waals surface area (Å²) in [4.78, 5) is 0. The monoisotopic (exact) mass is 253 g/mol. The summed E-state index contributed by atoms with van der Waals surface area (Å²) in [5.41, 5.74) is 0.470. The van der Waals surface area contributed by atoms with Crippen molar-refractivity contribution in [2.75, 3.05) is 6.54 Å². The molecule has 0 amide bonds. The Hall–Kier alpha value is -0.0400. The first-order valence-corrected chi connectivity index (χ1v) is 8.18. The molecule has 1 fully saturated rings. The molecule has 1 rings (SSSR count). The molecular formula is C17H35N. The lowest BCUT2D eigenvalue weighted by Gasteiger charge is -2.36. The van der Waals surface area contributed by atoms with Crippen LogP contribution in [0.25, 0.3) is 0 Å². The molecule has 0 aromatic rings. The molecule has 0 heterocycles. The third-order valence-corrected chi connectivity index (χ3v) is 4.73. The molecule has 1 aliphatic carbocycles. The van der Waals surface area contributed by atoms with Crippen molar-refractivity contribution in [1.29, 1.82) is 0 Å². The molecule has 0 spiro atoms. The SMILES string of the molecule is CCCCCC(C)(C)CNC1CCC(C)CC1C. The average Bonchev–Trinajstić information content (AvgIpc) is 2.28. The van der Waals surface area contributed by atoms with Crippen LogP contribution in [0.15, 0.2) is 0 Å². The zero-order chi connectivity index (χ0) is 13.6. The summed E-state index contributed by atoms with van der Waals surface area (Å²) >= 11 is 0. The third-order valence-electron chi connectivity index (χ3n) is 4.73. The molecule has 1 aliphatic rings. The van der Waals surface area contributed by atoms with Gasteiger partial charge in [0.2, 0.25) is 0 Å². The van der Waals surface area contributed by atoms with Crippen LogP contribution < -0.4 is 5.32 Å². The predicted molar refractivity (Wildman–Crippen MR) is 81.9 cm³/mol. The fraction of sp³-hybridized carbons (Fsp3) is 1.00. The van der Waals surface area contributed by atoms with Gasteiger partial charge in [0.15, 0.2) is 0 Å². The van der Waals surface area contributed by atoms with Gasteiger partial charge in [0.1, 0.15) is 0 Å². The van der Waals surface area contributed by atoms with Gasteiger partial charge in [-0.15, -0.1) is 0 Å². The first kappa shape index (κ1) is 16.0. The number of nitrogens with one attached hydrogen (secondary N) is 1. The minimum atomic E-state index is 0.470. The van der Waals surface area contributed by atoms with E-state index in [0.717, 1.165) is 17.9 Å². The molecule has 0 bridgehead atoms. The lowest BCUT2D eigenvalue weighted by atomic mass is 9.79. The van der Waals surface area contributed by atoms with Crippen molar-refractivity contribution in [2.45, 2.75) is 85.6 Å². The molecule has 0 aromatic carbocycles. The van der Waals surface area contributed by atoms with Gasteiger partial charge in [0.05, 0.1) is 0 Å². The Bertz CT molecular complexity index is 222. The van der Waals surface area contributed by atoms with E-state index in [2.05, 4.69) is 39.9 Å². The van der Waals surface area contributed by atoms with Crippen molar-refractivity contribution in [1.82, 2.24) is 5.32 Å². The maximum atomic E-state index is 3.86. The molecule has 0 radical (unpaired) electrons.